The maximum Gasteiger partial charge on any atom is 0.258 e. The van der Waals surface area contributed by atoms with Crippen LogP contribution < -0.4 is 14.8 Å². The molecule has 0 atom stereocenters. The van der Waals surface area contributed by atoms with Gasteiger partial charge in [0.25, 0.3) is 5.91 Å². The Morgan fingerprint density at radius 1 is 1.58 bits per heavy atom. The van der Waals surface area contributed by atoms with Crippen LogP contribution in [0.1, 0.15) is 5.56 Å². The number of hydrogen-bond acceptors (Lipinski definition) is 5. The van der Waals surface area contributed by atoms with Crippen LogP contribution in [0.2, 0.25) is 5.02 Å². The molecule has 1 aromatic carbocycles. The Hall–Kier alpha value is -1.97. The summed E-state index contributed by atoms with van der Waals surface area (Å²) in [5, 5.41) is 20.3. The van der Waals surface area contributed by atoms with Crippen LogP contribution in [0.25, 0.3) is 0 Å². The lowest BCUT2D eigenvalue weighted by Gasteiger charge is -2.14. The zero-order chi connectivity index (χ0) is 14.3. The first-order chi connectivity index (χ1) is 9.12. The number of aliphatic hydroxyl groups is 1. The first-order valence-corrected chi connectivity index (χ1v) is 5.73. The van der Waals surface area contributed by atoms with Gasteiger partial charge in [-0.15, -0.1) is 0 Å². The molecule has 1 aromatic rings. The van der Waals surface area contributed by atoms with E-state index in [1.807, 2.05) is 0 Å². The fourth-order valence-corrected chi connectivity index (χ4v) is 1.61. The van der Waals surface area contributed by atoms with E-state index in [4.69, 9.17) is 26.3 Å². The van der Waals surface area contributed by atoms with Gasteiger partial charge in [0.15, 0.2) is 18.1 Å². The van der Waals surface area contributed by atoms with Crippen LogP contribution in [-0.4, -0.2) is 31.3 Å². The molecular formula is C12H13ClN2O4. The molecule has 7 heteroatoms. The Kier molecular flexibility index (Phi) is 5.93. The first-order valence-electron chi connectivity index (χ1n) is 5.36. The van der Waals surface area contributed by atoms with Crippen LogP contribution in [-0.2, 0) is 11.4 Å². The number of methoxy groups -OCH3 is 1. The number of carbonyl (C=O) groups is 1. The molecule has 0 saturated carbocycles. The standard InChI is InChI=1S/C12H13ClN2O4/c1-18-10-5-9(13)4-8(6-16)12(10)19-7-11(17)15-3-2-14/h4-5,16H,3,6-7H2,1H3,(H,15,17). The molecule has 0 saturated heterocycles. The van der Waals surface area contributed by atoms with Crippen molar-refractivity contribution in [3.05, 3.63) is 22.7 Å². The van der Waals surface area contributed by atoms with E-state index in [2.05, 4.69) is 5.32 Å². The Labute approximate surface area is 115 Å². The van der Waals surface area contributed by atoms with Gasteiger partial charge in [-0.3, -0.25) is 4.79 Å². The van der Waals surface area contributed by atoms with Crippen molar-refractivity contribution in [2.75, 3.05) is 20.3 Å². The number of halogens is 1. The molecule has 0 radical (unpaired) electrons. The van der Waals surface area contributed by atoms with E-state index in [0.29, 0.717) is 16.3 Å². The largest absolute Gasteiger partial charge is 0.493 e. The molecule has 102 valence electrons. The number of benzene rings is 1. The normalized spacial score (nSPS) is 9.58. The van der Waals surface area contributed by atoms with Crippen LogP contribution >= 0.6 is 11.6 Å². The fraction of sp³-hybridized carbons (Fsp3) is 0.333. The predicted molar refractivity (Wildman–Crippen MR) is 68.0 cm³/mol. The zero-order valence-electron chi connectivity index (χ0n) is 10.3. The topological polar surface area (TPSA) is 91.6 Å². The molecule has 1 rings (SSSR count). The van der Waals surface area contributed by atoms with Gasteiger partial charge >= 0.3 is 0 Å². The van der Waals surface area contributed by atoms with Gasteiger partial charge in [0.05, 0.1) is 19.8 Å². The summed E-state index contributed by atoms with van der Waals surface area (Å²) in [7, 11) is 1.43. The Morgan fingerprint density at radius 3 is 2.89 bits per heavy atom. The third-order valence-corrected chi connectivity index (χ3v) is 2.42. The minimum atomic E-state index is -0.442. The van der Waals surface area contributed by atoms with Crippen molar-refractivity contribution in [3.8, 4) is 17.6 Å². The van der Waals surface area contributed by atoms with Crippen LogP contribution in [0.4, 0.5) is 0 Å². The van der Waals surface area contributed by atoms with Crippen LogP contribution in [0.15, 0.2) is 12.1 Å². The SMILES string of the molecule is COc1cc(Cl)cc(CO)c1OCC(=O)NCC#N. The van der Waals surface area contributed by atoms with Gasteiger partial charge in [-0.1, -0.05) is 11.6 Å². The monoisotopic (exact) mass is 284 g/mol. The minimum Gasteiger partial charge on any atom is -0.493 e. The smallest absolute Gasteiger partial charge is 0.258 e. The Balaban J connectivity index is 2.82. The Morgan fingerprint density at radius 2 is 2.32 bits per heavy atom. The summed E-state index contributed by atoms with van der Waals surface area (Å²) in [6.07, 6.45) is 0. The average Bonchev–Trinajstić information content (AvgIpc) is 2.42. The molecular weight excluding hydrogens is 272 g/mol. The number of amides is 1. The second kappa shape index (κ2) is 7.46. The molecule has 1 amide bonds. The van der Waals surface area contributed by atoms with Crippen molar-refractivity contribution >= 4 is 17.5 Å². The van der Waals surface area contributed by atoms with Crippen LogP contribution in [0.5, 0.6) is 11.5 Å². The maximum atomic E-state index is 11.3. The third kappa shape index (κ3) is 4.32. The molecule has 0 heterocycles. The number of carbonyl (C=O) groups excluding carboxylic acids is 1. The van der Waals surface area contributed by atoms with Gasteiger partial charge in [-0.05, 0) is 6.07 Å². The van der Waals surface area contributed by atoms with Crippen LogP contribution in [0, 0.1) is 11.3 Å². The van der Waals surface area contributed by atoms with Gasteiger partial charge in [0.2, 0.25) is 0 Å². The molecule has 0 aliphatic rings. The van der Waals surface area contributed by atoms with Crippen molar-refractivity contribution in [3.63, 3.8) is 0 Å². The van der Waals surface area contributed by atoms with Gasteiger partial charge in [-0.25, -0.2) is 0 Å². The van der Waals surface area contributed by atoms with Crippen molar-refractivity contribution < 1.29 is 19.4 Å². The van der Waals surface area contributed by atoms with E-state index in [0.717, 1.165) is 0 Å². The van der Waals surface area contributed by atoms with Crippen molar-refractivity contribution in [1.82, 2.24) is 5.32 Å². The van der Waals surface area contributed by atoms with Crippen molar-refractivity contribution in [2.24, 2.45) is 0 Å². The molecule has 0 aromatic heterocycles. The lowest BCUT2D eigenvalue weighted by atomic mass is 10.2. The number of ether oxygens (including phenoxy) is 2. The molecule has 2 N–H and O–H groups in total. The summed E-state index contributed by atoms with van der Waals surface area (Å²) in [6, 6.07) is 4.82. The van der Waals surface area contributed by atoms with E-state index in [9.17, 15) is 9.90 Å². The molecule has 0 aliphatic carbocycles. The summed E-state index contributed by atoms with van der Waals surface area (Å²) in [5.74, 6) is 0.133. The molecule has 0 bridgehead atoms. The molecule has 0 spiro atoms. The van der Waals surface area contributed by atoms with E-state index in [1.165, 1.54) is 19.2 Å². The summed E-state index contributed by atoms with van der Waals surface area (Å²) in [6.45, 7) is -0.675. The van der Waals surface area contributed by atoms with Gasteiger partial charge < -0.3 is 19.9 Å². The van der Waals surface area contributed by atoms with E-state index >= 15 is 0 Å². The molecule has 6 nitrogen and oxygen atoms in total. The van der Waals surface area contributed by atoms with Crippen molar-refractivity contribution in [1.29, 1.82) is 5.26 Å². The zero-order valence-corrected chi connectivity index (χ0v) is 11.0. The number of aliphatic hydroxyl groups excluding tert-OH is 1. The lowest BCUT2D eigenvalue weighted by Crippen LogP contribution is -2.29. The highest BCUT2D eigenvalue weighted by molar-refractivity contribution is 6.30. The summed E-state index contributed by atoms with van der Waals surface area (Å²) < 4.78 is 10.4. The average molecular weight is 285 g/mol. The number of nitrogens with zero attached hydrogens (tertiary/aromatic N) is 1. The number of nitriles is 1. The summed E-state index contributed by atoms with van der Waals surface area (Å²) in [5.41, 5.74) is 0.414. The summed E-state index contributed by atoms with van der Waals surface area (Å²) in [4.78, 5) is 11.3. The quantitative estimate of drug-likeness (QED) is 0.756. The molecule has 0 unspecified atom stereocenters. The van der Waals surface area contributed by atoms with Crippen molar-refractivity contribution in [2.45, 2.75) is 6.61 Å². The summed E-state index contributed by atoms with van der Waals surface area (Å²) >= 11 is 5.85. The van der Waals surface area contributed by atoms with Crippen LogP contribution in [0.3, 0.4) is 0 Å². The van der Waals surface area contributed by atoms with Gasteiger partial charge in [0, 0.05) is 16.7 Å². The number of nitrogens with one attached hydrogen (secondary N) is 1. The highest BCUT2D eigenvalue weighted by Gasteiger charge is 2.13. The second-order valence-corrected chi connectivity index (χ2v) is 3.91. The predicted octanol–water partition coefficient (Wildman–Crippen LogP) is 0.859. The van der Waals surface area contributed by atoms with E-state index in [1.54, 1.807) is 6.07 Å². The fourth-order valence-electron chi connectivity index (χ4n) is 1.38. The number of rotatable bonds is 6. The lowest BCUT2D eigenvalue weighted by molar-refractivity contribution is -0.122. The molecule has 0 aliphatic heterocycles. The highest BCUT2D eigenvalue weighted by atomic mass is 35.5. The number of hydrogen-bond donors (Lipinski definition) is 2. The maximum absolute atomic E-state index is 11.3. The molecule has 19 heavy (non-hydrogen) atoms. The Bertz CT molecular complexity index is 474. The third-order valence-electron chi connectivity index (χ3n) is 2.20. The van der Waals surface area contributed by atoms with E-state index in [-0.39, 0.29) is 25.5 Å². The molecule has 0 fully saturated rings. The van der Waals surface area contributed by atoms with E-state index < -0.39 is 5.91 Å². The van der Waals surface area contributed by atoms with Gasteiger partial charge in [0.1, 0.15) is 6.54 Å². The minimum absolute atomic E-state index is 0.0905. The second-order valence-electron chi connectivity index (χ2n) is 3.48. The first kappa shape index (κ1) is 15.1. The highest BCUT2D eigenvalue weighted by Crippen LogP contribution is 2.34. The van der Waals surface area contributed by atoms with Gasteiger partial charge in [-0.2, -0.15) is 5.26 Å².